The summed E-state index contributed by atoms with van der Waals surface area (Å²) in [4.78, 5) is 13.7. The van der Waals surface area contributed by atoms with E-state index < -0.39 is 4.92 Å². The average Bonchev–Trinajstić information content (AvgIpc) is 2.32. The van der Waals surface area contributed by atoms with Crippen molar-refractivity contribution < 1.29 is 9.66 Å². The molecule has 1 heterocycles. The molecule has 18 heavy (non-hydrogen) atoms. The number of aromatic nitrogens is 1. The average molecular weight is 266 g/mol. The maximum atomic E-state index is 10.6. The SMILES string of the molecule is Nc1nc(Oc2ccc(Cl)cc2)ccc1[N+](=O)[O-]. The molecule has 0 atom stereocenters. The minimum atomic E-state index is -0.603. The molecular formula is C11H8ClN3O3. The van der Waals surface area contributed by atoms with E-state index in [1.54, 1.807) is 24.3 Å². The number of halogens is 1. The van der Waals surface area contributed by atoms with Gasteiger partial charge in [0.25, 0.3) is 0 Å². The van der Waals surface area contributed by atoms with Crippen LogP contribution < -0.4 is 10.5 Å². The van der Waals surface area contributed by atoms with Crippen LogP contribution in [0.3, 0.4) is 0 Å². The van der Waals surface area contributed by atoms with Gasteiger partial charge in [0, 0.05) is 17.2 Å². The molecule has 2 N–H and O–H groups in total. The number of ether oxygens (including phenoxy) is 1. The fourth-order valence-corrected chi connectivity index (χ4v) is 1.41. The van der Waals surface area contributed by atoms with Crippen LogP contribution in [0.1, 0.15) is 0 Å². The Hall–Kier alpha value is -2.34. The van der Waals surface area contributed by atoms with Crippen molar-refractivity contribution in [3.8, 4) is 11.6 Å². The molecule has 2 aromatic rings. The van der Waals surface area contributed by atoms with E-state index in [1.807, 2.05) is 0 Å². The fraction of sp³-hybridized carbons (Fsp3) is 0. The molecule has 1 aromatic carbocycles. The second-order valence-corrected chi connectivity index (χ2v) is 3.80. The van der Waals surface area contributed by atoms with Gasteiger partial charge in [0.15, 0.2) is 0 Å². The van der Waals surface area contributed by atoms with Crippen molar-refractivity contribution in [1.29, 1.82) is 0 Å². The van der Waals surface area contributed by atoms with E-state index in [9.17, 15) is 10.1 Å². The maximum absolute atomic E-state index is 10.6. The van der Waals surface area contributed by atoms with E-state index in [4.69, 9.17) is 22.1 Å². The van der Waals surface area contributed by atoms with Gasteiger partial charge in [-0.15, -0.1) is 0 Å². The number of nitrogen functional groups attached to an aromatic ring is 1. The first-order valence-corrected chi connectivity index (χ1v) is 5.28. The summed E-state index contributed by atoms with van der Waals surface area (Å²) in [5, 5.41) is 11.1. The molecule has 0 saturated carbocycles. The van der Waals surface area contributed by atoms with Crippen LogP contribution in [-0.4, -0.2) is 9.91 Å². The zero-order valence-corrected chi connectivity index (χ0v) is 9.79. The van der Waals surface area contributed by atoms with Crippen molar-refractivity contribution >= 4 is 23.1 Å². The van der Waals surface area contributed by atoms with Gasteiger partial charge in [-0.3, -0.25) is 10.1 Å². The Morgan fingerprint density at radius 1 is 1.22 bits per heavy atom. The van der Waals surface area contributed by atoms with Crippen LogP contribution in [0.15, 0.2) is 36.4 Å². The normalized spacial score (nSPS) is 10.1. The van der Waals surface area contributed by atoms with Crippen molar-refractivity contribution in [3.05, 3.63) is 51.5 Å². The number of nitrogens with zero attached hydrogens (tertiary/aromatic N) is 2. The Labute approximate surface area is 107 Å². The van der Waals surface area contributed by atoms with E-state index in [2.05, 4.69) is 4.98 Å². The van der Waals surface area contributed by atoms with Crippen LogP contribution >= 0.6 is 11.6 Å². The van der Waals surface area contributed by atoms with Gasteiger partial charge in [0.1, 0.15) is 5.75 Å². The lowest BCUT2D eigenvalue weighted by molar-refractivity contribution is -0.384. The molecule has 6 nitrogen and oxygen atoms in total. The maximum Gasteiger partial charge on any atom is 0.311 e. The summed E-state index contributed by atoms with van der Waals surface area (Å²) in [5.41, 5.74) is 5.19. The van der Waals surface area contributed by atoms with Gasteiger partial charge < -0.3 is 10.5 Å². The first-order chi connectivity index (χ1) is 8.56. The first kappa shape index (κ1) is 12.1. The van der Waals surface area contributed by atoms with Gasteiger partial charge in [-0.2, -0.15) is 4.98 Å². The van der Waals surface area contributed by atoms with Gasteiger partial charge in [-0.05, 0) is 24.3 Å². The van der Waals surface area contributed by atoms with Gasteiger partial charge in [-0.25, -0.2) is 0 Å². The van der Waals surface area contributed by atoms with Crippen molar-refractivity contribution in [2.24, 2.45) is 0 Å². The molecule has 7 heteroatoms. The van der Waals surface area contributed by atoms with Crippen LogP contribution in [-0.2, 0) is 0 Å². The molecular weight excluding hydrogens is 258 g/mol. The van der Waals surface area contributed by atoms with Crippen molar-refractivity contribution in [1.82, 2.24) is 4.98 Å². The smallest absolute Gasteiger partial charge is 0.311 e. The van der Waals surface area contributed by atoms with Gasteiger partial charge in [-0.1, -0.05) is 11.6 Å². The molecule has 0 aliphatic rings. The lowest BCUT2D eigenvalue weighted by Gasteiger charge is -2.05. The number of benzene rings is 1. The molecule has 92 valence electrons. The lowest BCUT2D eigenvalue weighted by atomic mass is 10.3. The number of nitro groups is 1. The minimum absolute atomic E-state index is 0.181. The van der Waals surface area contributed by atoms with E-state index in [-0.39, 0.29) is 17.4 Å². The predicted octanol–water partition coefficient (Wildman–Crippen LogP) is 3.02. The second kappa shape index (κ2) is 4.89. The van der Waals surface area contributed by atoms with Crippen LogP contribution in [0.25, 0.3) is 0 Å². The summed E-state index contributed by atoms with van der Waals surface area (Å²) in [6, 6.07) is 9.25. The highest BCUT2D eigenvalue weighted by atomic mass is 35.5. The quantitative estimate of drug-likeness (QED) is 0.680. The highest BCUT2D eigenvalue weighted by Crippen LogP contribution is 2.26. The number of pyridine rings is 1. The standard InChI is InChI=1S/C11H8ClN3O3/c12-7-1-3-8(4-2-7)18-10-6-5-9(15(16)17)11(13)14-10/h1-6H,(H2,13,14). The summed E-state index contributed by atoms with van der Waals surface area (Å²) in [6.45, 7) is 0. The number of hydrogen-bond acceptors (Lipinski definition) is 5. The van der Waals surface area contributed by atoms with Crippen LogP contribution in [0, 0.1) is 10.1 Å². The molecule has 0 radical (unpaired) electrons. The molecule has 0 bridgehead atoms. The predicted molar refractivity (Wildman–Crippen MR) is 66.8 cm³/mol. The molecule has 0 unspecified atom stereocenters. The monoisotopic (exact) mass is 265 g/mol. The highest BCUT2D eigenvalue weighted by Gasteiger charge is 2.13. The third kappa shape index (κ3) is 2.67. The van der Waals surface area contributed by atoms with E-state index in [0.717, 1.165) is 0 Å². The summed E-state index contributed by atoms with van der Waals surface area (Å²) >= 11 is 5.73. The number of nitrogens with two attached hydrogens (primary N) is 1. The van der Waals surface area contributed by atoms with Crippen LogP contribution in [0.2, 0.25) is 5.02 Å². The molecule has 2 rings (SSSR count). The lowest BCUT2D eigenvalue weighted by Crippen LogP contribution is -1.99. The molecule has 0 aliphatic carbocycles. The second-order valence-electron chi connectivity index (χ2n) is 3.37. The number of anilines is 1. The van der Waals surface area contributed by atoms with Gasteiger partial charge >= 0.3 is 5.69 Å². The van der Waals surface area contributed by atoms with Crippen molar-refractivity contribution in [2.45, 2.75) is 0 Å². The Kier molecular flexibility index (Phi) is 3.29. The van der Waals surface area contributed by atoms with Crippen LogP contribution in [0.4, 0.5) is 11.5 Å². The Morgan fingerprint density at radius 2 is 1.89 bits per heavy atom. The third-order valence-electron chi connectivity index (χ3n) is 2.11. The van der Waals surface area contributed by atoms with E-state index >= 15 is 0 Å². The minimum Gasteiger partial charge on any atom is -0.439 e. The van der Waals surface area contributed by atoms with Gasteiger partial charge in [0.2, 0.25) is 11.7 Å². The molecule has 0 spiro atoms. The Balaban J connectivity index is 2.22. The van der Waals surface area contributed by atoms with E-state index in [1.165, 1.54) is 12.1 Å². The molecule has 0 aliphatic heterocycles. The summed E-state index contributed by atoms with van der Waals surface area (Å²) < 4.78 is 5.38. The Bertz CT molecular complexity index is 587. The van der Waals surface area contributed by atoms with Gasteiger partial charge in [0.05, 0.1) is 4.92 Å². The zero-order valence-electron chi connectivity index (χ0n) is 9.04. The molecule has 0 fully saturated rings. The summed E-state index contributed by atoms with van der Waals surface area (Å²) in [6.07, 6.45) is 0. The van der Waals surface area contributed by atoms with Crippen LogP contribution in [0.5, 0.6) is 11.6 Å². The number of hydrogen-bond donors (Lipinski definition) is 1. The largest absolute Gasteiger partial charge is 0.439 e. The number of rotatable bonds is 3. The third-order valence-corrected chi connectivity index (χ3v) is 2.36. The molecule has 1 aromatic heterocycles. The van der Waals surface area contributed by atoms with E-state index in [0.29, 0.717) is 10.8 Å². The molecule has 0 amide bonds. The summed E-state index contributed by atoms with van der Waals surface area (Å²) in [5.74, 6) is 0.507. The first-order valence-electron chi connectivity index (χ1n) is 4.90. The Morgan fingerprint density at radius 3 is 2.44 bits per heavy atom. The fourth-order valence-electron chi connectivity index (χ4n) is 1.28. The highest BCUT2D eigenvalue weighted by molar-refractivity contribution is 6.30. The zero-order chi connectivity index (χ0) is 13.1. The van der Waals surface area contributed by atoms with Crippen molar-refractivity contribution in [2.75, 3.05) is 5.73 Å². The summed E-state index contributed by atoms with van der Waals surface area (Å²) in [7, 11) is 0. The molecule has 0 saturated heterocycles. The topological polar surface area (TPSA) is 91.3 Å². The van der Waals surface area contributed by atoms with Crippen molar-refractivity contribution in [3.63, 3.8) is 0 Å².